The molecule has 4 N–H and O–H groups in total. The Hall–Kier alpha value is -2.52. The molecule has 2 fully saturated rings. The Morgan fingerprint density at radius 2 is 1.00 bits per heavy atom. The maximum atomic E-state index is 11.6. The number of carboxylic acids is 2. The van der Waals surface area contributed by atoms with Crippen molar-refractivity contribution in [1.82, 2.24) is 10.6 Å². The molecule has 0 spiro atoms. The van der Waals surface area contributed by atoms with E-state index in [0.717, 1.165) is 12.8 Å². The van der Waals surface area contributed by atoms with E-state index in [2.05, 4.69) is 10.6 Å². The second kappa shape index (κ2) is 10.8. The molecule has 0 radical (unpaired) electrons. The van der Waals surface area contributed by atoms with Crippen LogP contribution in [0.3, 0.4) is 0 Å². The van der Waals surface area contributed by atoms with Gasteiger partial charge in [0.15, 0.2) is 0 Å². The number of ether oxygens (including phenoxy) is 2. The summed E-state index contributed by atoms with van der Waals surface area (Å²) >= 11 is 0. The minimum Gasteiger partial charge on any atom is -0.481 e. The van der Waals surface area contributed by atoms with Gasteiger partial charge in [-0.15, -0.1) is 0 Å². The predicted octanol–water partition coefficient (Wildman–Crippen LogP) is 4.31. The molecule has 196 valence electrons. The van der Waals surface area contributed by atoms with Crippen LogP contribution < -0.4 is 10.6 Å². The lowest BCUT2D eigenvalue weighted by Crippen LogP contribution is -2.48. The van der Waals surface area contributed by atoms with Gasteiger partial charge in [-0.2, -0.15) is 0 Å². The monoisotopic (exact) mass is 486 g/mol. The summed E-state index contributed by atoms with van der Waals surface area (Å²) in [4.78, 5) is 45.6. The Morgan fingerprint density at radius 1 is 0.706 bits per heavy atom. The fraction of sp³-hybridized carbons (Fsp3) is 0.833. The lowest BCUT2D eigenvalue weighted by Gasteiger charge is -2.29. The zero-order chi connectivity index (χ0) is 26.5. The number of alkyl carbamates (subject to hydrolysis) is 2. The van der Waals surface area contributed by atoms with Crippen molar-refractivity contribution >= 4 is 24.1 Å². The van der Waals surface area contributed by atoms with Crippen LogP contribution in [0, 0.1) is 10.8 Å². The van der Waals surface area contributed by atoms with Gasteiger partial charge in [0.25, 0.3) is 0 Å². The third-order valence-corrected chi connectivity index (χ3v) is 6.28. The molecule has 0 bridgehead atoms. The molecular formula is C24H42N2O8. The second-order valence-corrected chi connectivity index (χ2v) is 11.6. The van der Waals surface area contributed by atoms with Gasteiger partial charge < -0.3 is 30.3 Å². The molecule has 0 unspecified atom stereocenters. The number of carbonyl (C=O) groups is 4. The maximum Gasteiger partial charge on any atom is 0.407 e. The highest BCUT2D eigenvalue weighted by Crippen LogP contribution is 2.39. The van der Waals surface area contributed by atoms with Gasteiger partial charge in [-0.1, -0.05) is 12.8 Å². The number of amides is 2. The van der Waals surface area contributed by atoms with Crippen molar-refractivity contribution in [2.45, 2.75) is 117 Å². The second-order valence-electron chi connectivity index (χ2n) is 11.6. The van der Waals surface area contributed by atoms with Crippen molar-refractivity contribution in [3.63, 3.8) is 0 Å². The van der Waals surface area contributed by atoms with Crippen molar-refractivity contribution in [3.8, 4) is 0 Å². The Labute approximate surface area is 202 Å². The highest BCUT2D eigenvalue weighted by Gasteiger charge is 2.47. The Balaban J connectivity index is 0.000000340. The fourth-order valence-corrected chi connectivity index (χ4v) is 4.21. The van der Waals surface area contributed by atoms with E-state index in [-0.39, 0.29) is 12.1 Å². The van der Waals surface area contributed by atoms with Crippen molar-refractivity contribution in [3.05, 3.63) is 0 Å². The highest BCUT2D eigenvalue weighted by atomic mass is 16.6. The molecule has 34 heavy (non-hydrogen) atoms. The molecule has 2 aliphatic carbocycles. The first-order valence-electron chi connectivity index (χ1n) is 11.8. The van der Waals surface area contributed by atoms with Crippen molar-refractivity contribution < 1.29 is 38.9 Å². The maximum absolute atomic E-state index is 11.6. The van der Waals surface area contributed by atoms with Gasteiger partial charge >= 0.3 is 24.1 Å². The third kappa shape index (κ3) is 8.36. The topological polar surface area (TPSA) is 151 Å². The van der Waals surface area contributed by atoms with Gasteiger partial charge in [0.05, 0.1) is 10.8 Å². The van der Waals surface area contributed by atoms with Crippen LogP contribution in [-0.4, -0.2) is 57.6 Å². The molecule has 0 heterocycles. The summed E-state index contributed by atoms with van der Waals surface area (Å²) in [6.07, 6.45) is 3.07. The van der Waals surface area contributed by atoms with Gasteiger partial charge in [0, 0.05) is 12.1 Å². The number of carboxylic acid groups (broad SMARTS) is 2. The normalized spacial score (nSPS) is 28.8. The SMILES string of the molecule is CC(C)(C)OC(=O)N[C@@H]1CCC[C@@]1(C)C(=O)O.CC(C)(C)OC(=O)N[C@H]1CCC[C@]1(C)C(=O)O. The van der Waals surface area contributed by atoms with Crippen molar-refractivity contribution in [2.24, 2.45) is 10.8 Å². The summed E-state index contributed by atoms with van der Waals surface area (Å²) in [7, 11) is 0. The first-order valence-corrected chi connectivity index (χ1v) is 11.8. The van der Waals surface area contributed by atoms with Gasteiger partial charge in [-0.05, 0) is 81.1 Å². The molecule has 4 atom stereocenters. The molecular weight excluding hydrogens is 444 g/mol. The van der Waals surface area contributed by atoms with Crippen LogP contribution in [0.1, 0.15) is 93.9 Å². The molecule has 10 heteroatoms. The van der Waals surface area contributed by atoms with Crippen LogP contribution in [0.4, 0.5) is 9.59 Å². The predicted molar refractivity (Wildman–Crippen MR) is 126 cm³/mol. The zero-order valence-corrected chi connectivity index (χ0v) is 21.7. The van der Waals surface area contributed by atoms with Crippen LogP contribution in [-0.2, 0) is 19.1 Å². The highest BCUT2D eigenvalue weighted by molar-refractivity contribution is 5.78. The number of carbonyl (C=O) groups excluding carboxylic acids is 2. The van der Waals surface area contributed by atoms with E-state index in [4.69, 9.17) is 9.47 Å². The van der Waals surface area contributed by atoms with Gasteiger partial charge in [0.2, 0.25) is 0 Å². The van der Waals surface area contributed by atoms with Crippen LogP contribution in [0.5, 0.6) is 0 Å². The lowest BCUT2D eigenvalue weighted by atomic mass is 9.85. The number of nitrogens with one attached hydrogen (secondary N) is 2. The Bertz CT molecular complexity index is 706. The standard InChI is InChI=1S/2C12H21NO4/c2*1-11(2,3)17-10(16)13-8-6-5-7-12(8,4)9(14)15/h2*8H,5-7H2,1-4H3,(H,13,16)(H,14,15)/t2*8-,12-/m10/s1. The molecule has 2 saturated carbocycles. The summed E-state index contributed by atoms with van der Waals surface area (Å²) < 4.78 is 10.3. The first kappa shape index (κ1) is 29.5. The minimum absolute atomic E-state index is 0.352. The zero-order valence-electron chi connectivity index (χ0n) is 21.7. The van der Waals surface area contributed by atoms with Crippen LogP contribution >= 0.6 is 0 Å². The molecule has 0 aromatic rings. The van der Waals surface area contributed by atoms with E-state index in [1.807, 2.05) is 0 Å². The molecule has 2 amide bonds. The Kier molecular flexibility index (Phi) is 9.39. The summed E-state index contributed by atoms with van der Waals surface area (Å²) in [5.41, 5.74) is -2.89. The molecule has 0 aliphatic heterocycles. The number of aliphatic carboxylic acids is 2. The van der Waals surface area contributed by atoms with E-state index in [1.54, 1.807) is 55.4 Å². The van der Waals surface area contributed by atoms with Crippen LogP contribution in [0.15, 0.2) is 0 Å². The molecule has 10 nitrogen and oxygen atoms in total. The van der Waals surface area contributed by atoms with E-state index >= 15 is 0 Å². The molecule has 2 aliphatic rings. The van der Waals surface area contributed by atoms with Crippen LogP contribution in [0.2, 0.25) is 0 Å². The first-order chi connectivity index (χ1) is 15.3. The van der Waals surface area contributed by atoms with E-state index in [1.165, 1.54) is 0 Å². The quantitative estimate of drug-likeness (QED) is 0.459. The average Bonchev–Trinajstić information content (AvgIpc) is 3.17. The van der Waals surface area contributed by atoms with Gasteiger partial charge in [-0.3, -0.25) is 9.59 Å². The van der Waals surface area contributed by atoms with E-state index < -0.39 is 46.2 Å². The lowest BCUT2D eigenvalue weighted by molar-refractivity contribution is -0.149. The van der Waals surface area contributed by atoms with E-state index in [0.29, 0.717) is 25.7 Å². The Morgan fingerprint density at radius 3 is 1.24 bits per heavy atom. The smallest absolute Gasteiger partial charge is 0.407 e. The molecule has 2 rings (SSSR count). The van der Waals surface area contributed by atoms with Crippen molar-refractivity contribution in [1.29, 1.82) is 0 Å². The molecule has 0 aromatic carbocycles. The number of rotatable bonds is 4. The fourth-order valence-electron chi connectivity index (χ4n) is 4.21. The van der Waals surface area contributed by atoms with Gasteiger partial charge in [0.1, 0.15) is 11.2 Å². The number of hydrogen-bond acceptors (Lipinski definition) is 6. The van der Waals surface area contributed by atoms with Crippen molar-refractivity contribution in [2.75, 3.05) is 0 Å². The largest absolute Gasteiger partial charge is 0.481 e. The molecule has 0 aromatic heterocycles. The van der Waals surface area contributed by atoms with E-state index in [9.17, 15) is 29.4 Å². The average molecular weight is 487 g/mol. The van der Waals surface area contributed by atoms with Gasteiger partial charge in [-0.25, -0.2) is 9.59 Å². The summed E-state index contributed by atoms with van der Waals surface area (Å²) in [5.74, 6) is -1.73. The van der Waals surface area contributed by atoms with Crippen LogP contribution in [0.25, 0.3) is 0 Å². The summed E-state index contributed by atoms with van der Waals surface area (Å²) in [5, 5.41) is 23.7. The summed E-state index contributed by atoms with van der Waals surface area (Å²) in [6.45, 7) is 14.0. The number of hydrogen-bond donors (Lipinski definition) is 4. The minimum atomic E-state index is -0.878. The molecule has 0 saturated heterocycles. The third-order valence-electron chi connectivity index (χ3n) is 6.28. The summed E-state index contributed by atoms with van der Waals surface area (Å²) in [6, 6.07) is -0.704.